The standard InChI is InChI=1S/C18H26N4O4S/c1-3-21-5-7-22(8-6-21)18(24)15-10-14(11-19-12-15)17(23)20(2)16-4-9-27(25,26)13-16/h10-12,16H,3-9,13H2,1-2H3. The number of likely N-dealkylation sites (N-methyl/N-ethyl adjacent to an activating group) is 1. The third kappa shape index (κ3) is 4.47. The summed E-state index contributed by atoms with van der Waals surface area (Å²) >= 11 is 0. The summed E-state index contributed by atoms with van der Waals surface area (Å²) in [6.45, 7) is 6.06. The van der Waals surface area contributed by atoms with Crippen LogP contribution in [0.15, 0.2) is 18.5 Å². The first-order chi connectivity index (χ1) is 12.8. The molecule has 2 amide bonds. The lowest BCUT2D eigenvalue weighted by molar-refractivity contribution is 0.0643. The van der Waals surface area contributed by atoms with Crippen molar-refractivity contribution in [1.82, 2.24) is 19.7 Å². The van der Waals surface area contributed by atoms with E-state index in [1.54, 1.807) is 18.0 Å². The van der Waals surface area contributed by atoms with Gasteiger partial charge in [-0.25, -0.2) is 8.42 Å². The Morgan fingerprint density at radius 2 is 1.85 bits per heavy atom. The molecule has 3 rings (SSSR count). The average Bonchev–Trinajstić information content (AvgIpc) is 3.06. The van der Waals surface area contributed by atoms with Crippen LogP contribution in [0.1, 0.15) is 34.1 Å². The maximum absolute atomic E-state index is 12.7. The second-order valence-corrected chi connectivity index (χ2v) is 9.39. The van der Waals surface area contributed by atoms with Gasteiger partial charge >= 0.3 is 0 Å². The van der Waals surface area contributed by atoms with Crippen molar-refractivity contribution in [3.05, 3.63) is 29.6 Å². The highest BCUT2D eigenvalue weighted by Crippen LogP contribution is 2.19. The zero-order valence-electron chi connectivity index (χ0n) is 15.8. The third-order valence-corrected chi connectivity index (χ3v) is 7.17. The van der Waals surface area contributed by atoms with Crippen molar-refractivity contribution in [1.29, 1.82) is 0 Å². The quantitative estimate of drug-likeness (QED) is 0.720. The van der Waals surface area contributed by atoms with Crippen molar-refractivity contribution < 1.29 is 18.0 Å². The molecule has 0 bridgehead atoms. The van der Waals surface area contributed by atoms with Crippen LogP contribution in [0.4, 0.5) is 0 Å². The number of carbonyl (C=O) groups is 2. The normalized spacial score (nSPS) is 22.6. The van der Waals surface area contributed by atoms with Crippen LogP contribution in [0.3, 0.4) is 0 Å². The molecule has 1 atom stereocenters. The van der Waals surface area contributed by atoms with Gasteiger partial charge in [-0.1, -0.05) is 6.92 Å². The highest BCUT2D eigenvalue weighted by Gasteiger charge is 2.33. The number of carbonyl (C=O) groups excluding carboxylic acids is 2. The van der Waals surface area contributed by atoms with Crippen LogP contribution in [0.25, 0.3) is 0 Å². The number of hydrogen-bond donors (Lipinski definition) is 0. The molecule has 2 saturated heterocycles. The van der Waals surface area contributed by atoms with Gasteiger partial charge in [-0.2, -0.15) is 0 Å². The van der Waals surface area contributed by atoms with Crippen LogP contribution in [0.5, 0.6) is 0 Å². The van der Waals surface area contributed by atoms with Crippen molar-refractivity contribution in [3.63, 3.8) is 0 Å². The lowest BCUT2D eigenvalue weighted by atomic mass is 10.1. The minimum atomic E-state index is -3.07. The van der Waals surface area contributed by atoms with E-state index in [1.165, 1.54) is 17.3 Å². The molecule has 1 aromatic heterocycles. The van der Waals surface area contributed by atoms with Gasteiger partial charge in [0.1, 0.15) is 0 Å². The molecule has 0 aromatic carbocycles. The second-order valence-electron chi connectivity index (χ2n) is 7.16. The Morgan fingerprint density at radius 1 is 1.19 bits per heavy atom. The van der Waals surface area contributed by atoms with Crippen molar-refractivity contribution in [2.24, 2.45) is 0 Å². The van der Waals surface area contributed by atoms with Crippen LogP contribution in [-0.4, -0.2) is 97.2 Å². The summed E-state index contributed by atoms with van der Waals surface area (Å²) in [7, 11) is -1.47. The number of pyridine rings is 1. The summed E-state index contributed by atoms with van der Waals surface area (Å²) in [6, 6.07) is 1.23. The Morgan fingerprint density at radius 3 is 2.44 bits per heavy atom. The van der Waals surface area contributed by atoms with Crippen molar-refractivity contribution >= 4 is 21.7 Å². The number of amides is 2. The van der Waals surface area contributed by atoms with Gasteiger partial charge in [0.25, 0.3) is 11.8 Å². The lowest BCUT2D eigenvalue weighted by Crippen LogP contribution is -2.48. The van der Waals surface area contributed by atoms with Gasteiger partial charge in [0.2, 0.25) is 0 Å². The van der Waals surface area contributed by atoms with Gasteiger partial charge < -0.3 is 14.7 Å². The Hall–Kier alpha value is -2.00. The van der Waals surface area contributed by atoms with Crippen LogP contribution in [0, 0.1) is 0 Å². The maximum Gasteiger partial charge on any atom is 0.255 e. The SMILES string of the molecule is CCN1CCN(C(=O)c2cncc(C(=O)N(C)C3CCS(=O)(=O)C3)c2)CC1. The van der Waals surface area contributed by atoms with Crippen LogP contribution in [-0.2, 0) is 9.84 Å². The largest absolute Gasteiger partial charge is 0.338 e. The fraction of sp³-hybridized carbons (Fsp3) is 0.611. The van der Waals surface area contributed by atoms with E-state index in [4.69, 9.17) is 0 Å². The zero-order chi connectivity index (χ0) is 19.6. The summed E-state index contributed by atoms with van der Waals surface area (Å²) in [5.74, 6) is -0.340. The molecule has 27 heavy (non-hydrogen) atoms. The van der Waals surface area contributed by atoms with E-state index in [0.29, 0.717) is 30.6 Å². The van der Waals surface area contributed by atoms with Crippen LogP contribution >= 0.6 is 0 Å². The number of rotatable bonds is 4. The second kappa shape index (κ2) is 7.93. The first-order valence-corrected chi connectivity index (χ1v) is 11.1. The zero-order valence-corrected chi connectivity index (χ0v) is 16.6. The summed E-state index contributed by atoms with van der Waals surface area (Å²) in [4.78, 5) is 35.1. The Labute approximate surface area is 160 Å². The number of hydrogen-bond acceptors (Lipinski definition) is 6. The lowest BCUT2D eigenvalue weighted by Gasteiger charge is -2.34. The molecular formula is C18H26N4O4S. The smallest absolute Gasteiger partial charge is 0.255 e. The number of piperazine rings is 1. The first kappa shape index (κ1) is 19.8. The fourth-order valence-corrected chi connectivity index (χ4v) is 5.35. The molecule has 9 heteroatoms. The van der Waals surface area contributed by atoms with Gasteiger partial charge in [-0.05, 0) is 19.0 Å². The van der Waals surface area contributed by atoms with Gasteiger partial charge in [0.05, 0.1) is 22.6 Å². The van der Waals surface area contributed by atoms with Gasteiger partial charge in [0, 0.05) is 51.7 Å². The molecule has 2 fully saturated rings. The molecule has 0 spiro atoms. The van der Waals surface area contributed by atoms with Gasteiger partial charge in [0.15, 0.2) is 9.84 Å². The van der Waals surface area contributed by atoms with E-state index in [2.05, 4.69) is 16.8 Å². The number of aromatic nitrogens is 1. The molecule has 3 heterocycles. The Bertz CT molecular complexity index is 818. The number of sulfone groups is 1. The maximum atomic E-state index is 12.7. The minimum Gasteiger partial charge on any atom is -0.338 e. The fourth-order valence-electron chi connectivity index (χ4n) is 3.57. The predicted molar refractivity (Wildman–Crippen MR) is 101 cm³/mol. The van der Waals surface area contributed by atoms with E-state index in [9.17, 15) is 18.0 Å². The van der Waals surface area contributed by atoms with E-state index >= 15 is 0 Å². The van der Waals surface area contributed by atoms with E-state index in [-0.39, 0.29) is 29.4 Å². The van der Waals surface area contributed by atoms with Gasteiger partial charge in [-0.15, -0.1) is 0 Å². The molecule has 2 aliphatic heterocycles. The molecule has 0 radical (unpaired) electrons. The van der Waals surface area contributed by atoms with E-state index < -0.39 is 9.84 Å². The summed E-state index contributed by atoms with van der Waals surface area (Å²) < 4.78 is 23.3. The van der Waals surface area contributed by atoms with Crippen molar-refractivity contribution in [2.45, 2.75) is 19.4 Å². The Balaban J connectivity index is 1.69. The molecule has 1 unspecified atom stereocenters. The topological polar surface area (TPSA) is 90.9 Å². The minimum absolute atomic E-state index is 0.0109. The molecule has 1 aromatic rings. The predicted octanol–water partition coefficient (Wildman–Crippen LogP) is 0.118. The molecule has 0 saturated carbocycles. The summed E-state index contributed by atoms with van der Waals surface area (Å²) in [5.41, 5.74) is 0.693. The van der Waals surface area contributed by atoms with Crippen molar-refractivity contribution in [3.8, 4) is 0 Å². The van der Waals surface area contributed by atoms with Crippen molar-refractivity contribution in [2.75, 3.05) is 51.3 Å². The highest BCUT2D eigenvalue weighted by atomic mass is 32.2. The van der Waals surface area contributed by atoms with Crippen LogP contribution in [0.2, 0.25) is 0 Å². The Kier molecular flexibility index (Phi) is 5.81. The molecule has 0 aliphatic carbocycles. The average molecular weight is 394 g/mol. The molecule has 148 valence electrons. The summed E-state index contributed by atoms with van der Waals surface area (Å²) in [6.07, 6.45) is 3.34. The third-order valence-electron chi connectivity index (χ3n) is 5.42. The molecule has 2 aliphatic rings. The molecule has 0 N–H and O–H groups in total. The van der Waals surface area contributed by atoms with E-state index in [1.807, 2.05) is 0 Å². The van der Waals surface area contributed by atoms with E-state index in [0.717, 1.165) is 19.6 Å². The molecule has 8 nitrogen and oxygen atoms in total. The summed E-state index contributed by atoms with van der Waals surface area (Å²) in [5, 5.41) is 0. The monoisotopic (exact) mass is 394 g/mol. The van der Waals surface area contributed by atoms with Gasteiger partial charge in [-0.3, -0.25) is 14.6 Å². The van der Waals surface area contributed by atoms with Crippen LogP contribution < -0.4 is 0 Å². The molecular weight excluding hydrogens is 368 g/mol. The first-order valence-electron chi connectivity index (χ1n) is 9.25. The highest BCUT2D eigenvalue weighted by molar-refractivity contribution is 7.91. The number of nitrogens with zero attached hydrogens (tertiary/aromatic N) is 4.